The smallest absolute Gasteiger partial charge is 0.0619 e. The summed E-state index contributed by atoms with van der Waals surface area (Å²) < 4.78 is 5.53. The Balaban J connectivity index is 2.02. The average Bonchev–Trinajstić information content (AvgIpc) is 2.54. The Morgan fingerprint density at radius 1 is 1.25 bits per heavy atom. The molecule has 94 valence electrons. The second kappa shape index (κ2) is 5.99. The lowest BCUT2D eigenvalue weighted by molar-refractivity contribution is -0.0355. The van der Waals surface area contributed by atoms with Crippen LogP contribution in [0.4, 0.5) is 0 Å². The van der Waals surface area contributed by atoms with Gasteiger partial charge in [0.15, 0.2) is 0 Å². The van der Waals surface area contributed by atoms with Crippen LogP contribution >= 0.6 is 0 Å². The number of nitrogens with two attached hydrogens (primary N) is 1. The maximum atomic E-state index is 5.96. The van der Waals surface area contributed by atoms with E-state index in [1.54, 1.807) is 0 Å². The third-order valence-electron chi connectivity index (χ3n) is 4.27. The molecule has 2 fully saturated rings. The van der Waals surface area contributed by atoms with E-state index in [1.165, 1.54) is 32.1 Å². The Kier molecular flexibility index (Phi) is 4.62. The quantitative estimate of drug-likeness (QED) is 0.727. The van der Waals surface area contributed by atoms with Crippen molar-refractivity contribution in [1.29, 1.82) is 0 Å². The zero-order valence-corrected chi connectivity index (χ0v) is 10.5. The number of ether oxygens (including phenoxy) is 1. The molecule has 3 unspecified atom stereocenters. The molecule has 0 bridgehead atoms. The molecule has 16 heavy (non-hydrogen) atoms. The van der Waals surface area contributed by atoms with E-state index in [9.17, 15) is 0 Å². The fourth-order valence-electron chi connectivity index (χ4n) is 3.31. The molecule has 2 rings (SSSR count). The van der Waals surface area contributed by atoms with Crippen molar-refractivity contribution in [2.75, 3.05) is 26.3 Å². The van der Waals surface area contributed by atoms with Gasteiger partial charge >= 0.3 is 0 Å². The predicted octanol–water partition coefficient (Wildman–Crippen LogP) is 1.61. The highest BCUT2D eigenvalue weighted by atomic mass is 16.5. The number of nitrogens with zero attached hydrogens (tertiary/aromatic N) is 1. The summed E-state index contributed by atoms with van der Waals surface area (Å²) in [7, 11) is 0. The van der Waals surface area contributed by atoms with Crippen molar-refractivity contribution in [3.8, 4) is 0 Å². The zero-order chi connectivity index (χ0) is 11.4. The number of hydrogen-bond acceptors (Lipinski definition) is 3. The lowest BCUT2D eigenvalue weighted by atomic mass is 9.92. The Morgan fingerprint density at radius 2 is 2.06 bits per heavy atom. The fourth-order valence-corrected chi connectivity index (χ4v) is 3.31. The van der Waals surface area contributed by atoms with Crippen molar-refractivity contribution in [2.45, 2.75) is 51.1 Å². The van der Waals surface area contributed by atoms with Crippen LogP contribution in [0.1, 0.15) is 39.0 Å². The Labute approximate surface area is 99.3 Å². The van der Waals surface area contributed by atoms with Crippen LogP contribution in [0.3, 0.4) is 0 Å². The molecule has 3 atom stereocenters. The SMILES string of the molecule is CC1COCCN1C1CCCCCC1CN. The molecule has 3 heteroatoms. The molecule has 2 aliphatic rings. The first kappa shape index (κ1) is 12.3. The number of hydrogen-bond donors (Lipinski definition) is 1. The van der Waals surface area contributed by atoms with Gasteiger partial charge in [-0.3, -0.25) is 4.90 Å². The molecule has 1 aliphatic carbocycles. The van der Waals surface area contributed by atoms with Gasteiger partial charge in [-0.05, 0) is 32.2 Å². The summed E-state index contributed by atoms with van der Waals surface area (Å²) in [6.45, 7) is 6.04. The minimum absolute atomic E-state index is 0.575. The van der Waals surface area contributed by atoms with Gasteiger partial charge in [-0.25, -0.2) is 0 Å². The molecule has 0 aromatic rings. The molecule has 0 amide bonds. The summed E-state index contributed by atoms with van der Waals surface area (Å²) in [6.07, 6.45) is 6.81. The van der Waals surface area contributed by atoms with Crippen molar-refractivity contribution >= 4 is 0 Å². The monoisotopic (exact) mass is 226 g/mol. The van der Waals surface area contributed by atoms with Crippen LogP contribution in [0.25, 0.3) is 0 Å². The van der Waals surface area contributed by atoms with Gasteiger partial charge in [0.05, 0.1) is 13.2 Å². The lowest BCUT2D eigenvalue weighted by Crippen LogP contribution is -2.52. The van der Waals surface area contributed by atoms with E-state index in [4.69, 9.17) is 10.5 Å². The molecular formula is C13H26N2O. The van der Waals surface area contributed by atoms with Crippen LogP contribution < -0.4 is 5.73 Å². The molecule has 0 aromatic carbocycles. The molecule has 1 saturated carbocycles. The largest absolute Gasteiger partial charge is 0.379 e. The minimum Gasteiger partial charge on any atom is -0.379 e. The highest BCUT2D eigenvalue weighted by Crippen LogP contribution is 2.28. The topological polar surface area (TPSA) is 38.5 Å². The Bertz CT molecular complexity index is 210. The van der Waals surface area contributed by atoms with E-state index < -0.39 is 0 Å². The van der Waals surface area contributed by atoms with Gasteiger partial charge in [-0.2, -0.15) is 0 Å². The molecule has 0 radical (unpaired) electrons. The van der Waals surface area contributed by atoms with Crippen molar-refractivity contribution in [2.24, 2.45) is 11.7 Å². The van der Waals surface area contributed by atoms with Crippen LogP contribution in [-0.2, 0) is 4.74 Å². The molecule has 0 spiro atoms. The predicted molar refractivity (Wildman–Crippen MR) is 66.4 cm³/mol. The van der Waals surface area contributed by atoms with Crippen molar-refractivity contribution in [3.63, 3.8) is 0 Å². The Morgan fingerprint density at radius 3 is 2.81 bits per heavy atom. The summed E-state index contributed by atoms with van der Waals surface area (Å²) in [6, 6.07) is 1.29. The van der Waals surface area contributed by atoms with Gasteiger partial charge < -0.3 is 10.5 Å². The van der Waals surface area contributed by atoms with Crippen LogP contribution in [0.5, 0.6) is 0 Å². The standard InChI is InChI=1S/C13H26N2O/c1-11-10-16-8-7-15(11)13-6-4-2-3-5-12(13)9-14/h11-13H,2-10,14H2,1H3. The van der Waals surface area contributed by atoms with E-state index in [-0.39, 0.29) is 0 Å². The van der Waals surface area contributed by atoms with E-state index in [0.717, 1.165) is 26.3 Å². The van der Waals surface area contributed by atoms with Gasteiger partial charge in [0.1, 0.15) is 0 Å². The van der Waals surface area contributed by atoms with E-state index >= 15 is 0 Å². The molecular weight excluding hydrogens is 200 g/mol. The van der Waals surface area contributed by atoms with Crippen LogP contribution in [0, 0.1) is 5.92 Å². The second-order valence-electron chi connectivity index (χ2n) is 5.36. The molecule has 1 saturated heterocycles. The summed E-state index contributed by atoms with van der Waals surface area (Å²) >= 11 is 0. The van der Waals surface area contributed by atoms with Crippen LogP contribution in [-0.4, -0.2) is 43.3 Å². The fraction of sp³-hybridized carbons (Fsp3) is 1.00. The third-order valence-corrected chi connectivity index (χ3v) is 4.27. The van der Waals surface area contributed by atoms with Gasteiger partial charge in [0, 0.05) is 18.6 Å². The van der Waals surface area contributed by atoms with Crippen molar-refractivity contribution < 1.29 is 4.74 Å². The summed E-state index contributed by atoms with van der Waals surface area (Å²) in [5.74, 6) is 0.711. The maximum Gasteiger partial charge on any atom is 0.0619 e. The summed E-state index contributed by atoms with van der Waals surface area (Å²) in [4.78, 5) is 2.66. The molecule has 0 aromatic heterocycles. The molecule has 3 nitrogen and oxygen atoms in total. The zero-order valence-electron chi connectivity index (χ0n) is 10.5. The van der Waals surface area contributed by atoms with Gasteiger partial charge in [-0.1, -0.05) is 19.3 Å². The van der Waals surface area contributed by atoms with Crippen LogP contribution in [0.15, 0.2) is 0 Å². The average molecular weight is 226 g/mol. The van der Waals surface area contributed by atoms with Crippen molar-refractivity contribution in [1.82, 2.24) is 4.90 Å². The van der Waals surface area contributed by atoms with E-state index in [1.807, 2.05) is 0 Å². The highest BCUT2D eigenvalue weighted by Gasteiger charge is 2.32. The second-order valence-corrected chi connectivity index (χ2v) is 5.36. The first-order valence-electron chi connectivity index (χ1n) is 6.86. The van der Waals surface area contributed by atoms with Gasteiger partial charge in [0.25, 0.3) is 0 Å². The third kappa shape index (κ3) is 2.76. The van der Waals surface area contributed by atoms with Gasteiger partial charge in [-0.15, -0.1) is 0 Å². The Hall–Kier alpha value is -0.120. The number of rotatable bonds is 2. The first-order chi connectivity index (χ1) is 7.83. The molecule has 1 heterocycles. The highest BCUT2D eigenvalue weighted by molar-refractivity contribution is 4.86. The first-order valence-corrected chi connectivity index (χ1v) is 6.86. The minimum atomic E-state index is 0.575. The van der Waals surface area contributed by atoms with Crippen LogP contribution in [0.2, 0.25) is 0 Å². The molecule has 2 N–H and O–H groups in total. The molecule has 1 aliphatic heterocycles. The van der Waals surface area contributed by atoms with Crippen molar-refractivity contribution in [3.05, 3.63) is 0 Å². The van der Waals surface area contributed by atoms with E-state index in [0.29, 0.717) is 18.0 Å². The maximum absolute atomic E-state index is 5.96. The van der Waals surface area contributed by atoms with E-state index in [2.05, 4.69) is 11.8 Å². The normalized spacial score (nSPS) is 38.2. The lowest BCUT2D eigenvalue weighted by Gasteiger charge is -2.42. The summed E-state index contributed by atoms with van der Waals surface area (Å²) in [5.41, 5.74) is 5.96. The number of morpholine rings is 1. The summed E-state index contributed by atoms with van der Waals surface area (Å²) in [5, 5.41) is 0. The van der Waals surface area contributed by atoms with Gasteiger partial charge in [0.2, 0.25) is 0 Å².